The lowest BCUT2D eigenvalue weighted by molar-refractivity contribution is 0.363. The van der Waals surface area contributed by atoms with Crippen molar-refractivity contribution >= 4 is 27.4 Å². The summed E-state index contributed by atoms with van der Waals surface area (Å²) in [6, 6.07) is 14.8. The molecule has 4 nitrogen and oxygen atoms in total. The number of hydrogen-bond acceptors (Lipinski definition) is 4. The van der Waals surface area contributed by atoms with Gasteiger partial charge in [0.1, 0.15) is 5.76 Å². The molecule has 124 valence electrons. The molecule has 0 bridgehead atoms. The van der Waals surface area contributed by atoms with Gasteiger partial charge >= 0.3 is 0 Å². The molecule has 0 atom stereocenters. The van der Waals surface area contributed by atoms with Crippen LogP contribution < -0.4 is 0 Å². The molecule has 0 spiro atoms. The highest BCUT2D eigenvalue weighted by Crippen LogP contribution is 2.18. The topological polar surface area (TPSA) is 50.5 Å². The Morgan fingerprint density at radius 2 is 1.88 bits per heavy atom. The molecule has 1 aromatic carbocycles. The largest absolute Gasteiger partial charge is 0.468 e. The Balaban J connectivity index is 1.83. The van der Waals surface area contributed by atoms with Crippen molar-refractivity contribution < 1.29 is 12.8 Å². The Bertz CT molecular complexity index is 832. The summed E-state index contributed by atoms with van der Waals surface area (Å²) in [6.07, 6.45) is 3.16. The van der Waals surface area contributed by atoms with Crippen LogP contribution in [0.5, 0.6) is 0 Å². The van der Waals surface area contributed by atoms with Crippen LogP contribution in [0, 0.1) is 0 Å². The first-order valence-electron chi connectivity index (χ1n) is 7.40. The van der Waals surface area contributed by atoms with Crippen LogP contribution in [0.3, 0.4) is 0 Å². The molecule has 0 N–H and O–H groups in total. The smallest absolute Gasteiger partial charge is 0.236 e. The monoisotopic (exact) mass is 359 g/mol. The Morgan fingerprint density at radius 3 is 2.54 bits per heavy atom. The molecule has 0 radical (unpaired) electrons. The molecule has 6 heteroatoms. The third kappa shape index (κ3) is 4.44. The molecule has 2 aromatic heterocycles. The van der Waals surface area contributed by atoms with Gasteiger partial charge in [-0.05, 0) is 46.2 Å². The fourth-order valence-electron chi connectivity index (χ4n) is 2.21. The predicted octanol–water partition coefficient (Wildman–Crippen LogP) is 4.34. The van der Waals surface area contributed by atoms with Gasteiger partial charge in [0.25, 0.3) is 0 Å². The van der Waals surface area contributed by atoms with Crippen molar-refractivity contribution in [3.8, 4) is 0 Å². The van der Waals surface area contributed by atoms with Gasteiger partial charge in [-0.1, -0.05) is 30.3 Å². The summed E-state index contributed by atoms with van der Waals surface area (Å²) < 4.78 is 32.2. The number of nitrogens with zero attached hydrogens (tertiary/aromatic N) is 1. The predicted molar refractivity (Wildman–Crippen MR) is 96.7 cm³/mol. The van der Waals surface area contributed by atoms with Gasteiger partial charge in [0, 0.05) is 12.0 Å². The molecule has 24 heavy (non-hydrogen) atoms. The second-order valence-corrected chi connectivity index (χ2v) is 7.84. The lowest BCUT2D eigenvalue weighted by atomic mass is 10.2. The molecule has 0 aliphatic heterocycles. The van der Waals surface area contributed by atoms with Gasteiger partial charge in [-0.25, -0.2) is 8.42 Å². The maximum absolute atomic E-state index is 12.8. The molecule has 3 rings (SSSR count). The highest BCUT2D eigenvalue weighted by molar-refractivity contribution is 7.92. The van der Waals surface area contributed by atoms with Crippen LogP contribution in [0.15, 0.2) is 75.4 Å². The molecular weight excluding hydrogens is 342 g/mol. The molecule has 0 fully saturated rings. The van der Waals surface area contributed by atoms with Crippen molar-refractivity contribution in [2.75, 3.05) is 0 Å². The summed E-state index contributed by atoms with van der Waals surface area (Å²) in [6.45, 7) is 0.510. The highest BCUT2D eigenvalue weighted by atomic mass is 32.2. The van der Waals surface area contributed by atoms with Crippen molar-refractivity contribution in [2.45, 2.75) is 13.1 Å². The van der Waals surface area contributed by atoms with E-state index in [1.807, 2.05) is 47.2 Å². The second kappa shape index (κ2) is 7.61. The number of thiophene rings is 1. The van der Waals surface area contributed by atoms with E-state index in [2.05, 4.69) is 0 Å². The molecule has 0 aliphatic rings. The Hall–Kier alpha value is -2.15. The molecule has 0 amide bonds. The van der Waals surface area contributed by atoms with E-state index >= 15 is 0 Å². The first-order valence-corrected chi connectivity index (χ1v) is 9.85. The fourth-order valence-corrected chi connectivity index (χ4v) is 4.01. The van der Waals surface area contributed by atoms with Crippen LogP contribution in [0.25, 0.3) is 6.08 Å². The number of hydrogen-bond donors (Lipinski definition) is 0. The first-order chi connectivity index (χ1) is 11.6. The van der Waals surface area contributed by atoms with Crippen molar-refractivity contribution in [2.24, 2.45) is 0 Å². The number of sulfonamides is 1. The number of furan rings is 1. The standard InChI is InChI=1S/C18H17NO3S2/c20-24(21,12-9-16-5-2-1-3-6-16)19(13-17-8-11-23-15-17)14-18-7-4-10-22-18/h1-12,15H,13-14H2/b12-9+. The van der Waals surface area contributed by atoms with Gasteiger partial charge in [-0.15, -0.1) is 0 Å². The summed E-state index contributed by atoms with van der Waals surface area (Å²) in [7, 11) is -3.58. The summed E-state index contributed by atoms with van der Waals surface area (Å²) in [5, 5.41) is 5.13. The zero-order valence-corrected chi connectivity index (χ0v) is 14.5. The van der Waals surface area contributed by atoms with Gasteiger partial charge in [0.05, 0.1) is 12.8 Å². The van der Waals surface area contributed by atoms with Crippen LogP contribution >= 0.6 is 11.3 Å². The third-order valence-corrected chi connectivity index (χ3v) is 5.63. The van der Waals surface area contributed by atoms with Gasteiger partial charge in [-0.3, -0.25) is 0 Å². The van der Waals surface area contributed by atoms with E-state index < -0.39 is 10.0 Å². The highest BCUT2D eigenvalue weighted by Gasteiger charge is 2.21. The summed E-state index contributed by atoms with van der Waals surface area (Å²) in [5.41, 5.74) is 1.80. The van der Waals surface area contributed by atoms with Crippen LogP contribution in [0.2, 0.25) is 0 Å². The summed E-state index contributed by atoms with van der Waals surface area (Å²) in [4.78, 5) is 0. The van der Waals surface area contributed by atoms with Crippen LogP contribution in [0.1, 0.15) is 16.9 Å². The quantitative estimate of drug-likeness (QED) is 0.630. The molecule has 0 aliphatic carbocycles. The van der Waals surface area contributed by atoms with Crippen molar-refractivity contribution in [3.05, 3.63) is 87.8 Å². The van der Waals surface area contributed by atoms with E-state index in [4.69, 9.17) is 4.42 Å². The van der Waals surface area contributed by atoms with E-state index in [0.29, 0.717) is 12.3 Å². The summed E-state index contributed by atoms with van der Waals surface area (Å²) >= 11 is 1.55. The molecule has 0 saturated heterocycles. The Morgan fingerprint density at radius 1 is 1.04 bits per heavy atom. The van der Waals surface area contributed by atoms with Crippen LogP contribution in [0.4, 0.5) is 0 Å². The zero-order valence-electron chi connectivity index (χ0n) is 12.9. The van der Waals surface area contributed by atoms with Gasteiger partial charge < -0.3 is 4.42 Å². The first kappa shape index (κ1) is 16.7. The minimum atomic E-state index is -3.58. The fraction of sp³-hybridized carbons (Fsp3) is 0.111. The minimum absolute atomic E-state index is 0.199. The number of benzene rings is 1. The van der Waals surface area contributed by atoms with Gasteiger partial charge in [-0.2, -0.15) is 15.6 Å². The van der Waals surface area contributed by atoms with E-state index in [0.717, 1.165) is 11.1 Å². The van der Waals surface area contributed by atoms with Crippen LogP contribution in [-0.4, -0.2) is 12.7 Å². The van der Waals surface area contributed by atoms with Crippen molar-refractivity contribution in [3.63, 3.8) is 0 Å². The Kier molecular flexibility index (Phi) is 5.30. The normalized spacial score (nSPS) is 12.2. The molecule has 0 unspecified atom stereocenters. The second-order valence-electron chi connectivity index (χ2n) is 5.24. The minimum Gasteiger partial charge on any atom is -0.468 e. The van der Waals surface area contributed by atoms with E-state index in [1.165, 1.54) is 9.71 Å². The Labute approximate surface area is 145 Å². The molecule has 0 saturated carbocycles. The lowest BCUT2D eigenvalue weighted by Gasteiger charge is -2.18. The van der Waals surface area contributed by atoms with E-state index in [-0.39, 0.29) is 6.54 Å². The van der Waals surface area contributed by atoms with E-state index in [1.54, 1.807) is 35.8 Å². The molecule has 3 aromatic rings. The lowest BCUT2D eigenvalue weighted by Crippen LogP contribution is -2.28. The van der Waals surface area contributed by atoms with Gasteiger partial charge in [0.15, 0.2) is 0 Å². The maximum atomic E-state index is 12.8. The number of rotatable bonds is 7. The maximum Gasteiger partial charge on any atom is 0.236 e. The zero-order chi connectivity index (χ0) is 16.8. The average Bonchev–Trinajstić information content (AvgIpc) is 3.27. The molecular formula is C18H17NO3S2. The third-order valence-electron chi connectivity index (χ3n) is 3.44. The van der Waals surface area contributed by atoms with Gasteiger partial charge in [0.2, 0.25) is 10.0 Å². The van der Waals surface area contributed by atoms with E-state index in [9.17, 15) is 8.42 Å². The van der Waals surface area contributed by atoms with Crippen molar-refractivity contribution in [1.29, 1.82) is 0 Å². The SMILES string of the molecule is O=S(=O)(/C=C/c1ccccc1)N(Cc1ccsc1)Cc1ccco1. The molecule has 2 heterocycles. The average molecular weight is 359 g/mol. The summed E-state index contributed by atoms with van der Waals surface area (Å²) in [5.74, 6) is 0.613. The van der Waals surface area contributed by atoms with Crippen LogP contribution in [-0.2, 0) is 23.1 Å². The van der Waals surface area contributed by atoms with Crippen molar-refractivity contribution in [1.82, 2.24) is 4.31 Å².